The van der Waals surface area contributed by atoms with Gasteiger partial charge in [-0.25, -0.2) is 10.8 Å². The molecule has 3 N–H and O–H groups in total. The number of morpholine rings is 1. The molecule has 0 bridgehead atoms. The average molecular weight is 242 g/mol. The summed E-state index contributed by atoms with van der Waals surface area (Å²) in [6, 6.07) is 0.218. The van der Waals surface area contributed by atoms with Gasteiger partial charge in [0.2, 0.25) is 5.96 Å². The molecule has 1 fully saturated rings. The van der Waals surface area contributed by atoms with Crippen molar-refractivity contribution in [3.8, 4) is 0 Å². The summed E-state index contributed by atoms with van der Waals surface area (Å²) in [7, 11) is 0. The maximum atomic E-state index is 6.03. The number of hydrogen-bond donors (Lipinski definition) is 2. The lowest BCUT2D eigenvalue weighted by molar-refractivity contribution is -0.167. The molecular weight excluding hydrogens is 216 g/mol. The number of guanidine groups is 1. The monoisotopic (exact) mass is 242 g/mol. The van der Waals surface area contributed by atoms with Crippen LogP contribution in [0.1, 0.15) is 41.5 Å². The Hall–Kier alpha value is -0.810. The van der Waals surface area contributed by atoms with Crippen molar-refractivity contribution in [3.05, 3.63) is 0 Å². The quantitative estimate of drug-likeness (QED) is 0.313. The molecule has 0 aromatic carbocycles. The minimum absolute atomic E-state index is 0.198. The number of ether oxygens (including phenoxy) is 1. The van der Waals surface area contributed by atoms with Crippen molar-refractivity contribution >= 4 is 5.96 Å². The van der Waals surface area contributed by atoms with Gasteiger partial charge in [0.15, 0.2) is 0 Å². The zero-order valence-electron chi connectivity index (χ0n) is 11.9. The number of hydrogen-bond acceptors (Lipinski definition) is 3. The third-order valence-corrected chi connectivity index (χ3v) is 2.50. The lowest BCUT2D eigenvalue weighted by atomic mass is 9.99. The van der Waals surface area contributed by atoms with Crippen LogP contribution in [0.25, 0.3) is 0 Å². The molecule has 100 valence electrons. The molecule has 1 rings (SSSR count). The summed E-state index contributed by atoms with van der Waals surface area (Å²) in [5.74, 6) is 6.31. The van der Waals surface area contributed by atoms with Crippen LogP contribution in [-0.2, 0) is 4.74 Å². The van der Waals surface area contributed by atoms with Gasteiger partial charge in [-0.3, -0.25) is 5.43 Å². The van der Waals surface area contributed by atoms with Gasteiger partial charge >= 0.3 is 0 Å². The van der Waals surface area contributed by atoms with E-state index in [9.17, 15) is 0 Å². The fraction of sp³-hybridized carbons (Fsp3) is 0.917. The molecule has 0 aromatic rings. The Labute approximate surface area is 104 Å². The minimum atomic E-state index is -0.198. The SMILES string of the molecule is CC(C)N=C(NN)N1CC(C)(C)OC(C)(C)C1. The van der Waals surface area contributed by atoms with E-state index in [0.717, 1.165) is 19.0 Å². The molecule has 0 amide bonds. The third-order valence-electron chi connectivity index (χ3n) is 2.50. The van der Waals surface area contributed by atoms with Crippen molar-refractivity contribution in [1.82, 2.24) is 10.3 Å². The van der Waals surface area contributed by atoms with Gasteiger partial charge in [-0.2, -0.15) is 0 Å². The van der Waals surface area contributed by atoms with Gasteiger partial charge in [0.05, 0.1) is 11.2 Å². The van der Waals surface area contributed by atoms with Crippen LogP contribution in [0, 0.1) is 0 Å². The van der Waals surface area contributed by atoms with Crippen LogP contribution in [0.3, 0.4) is 0 Å². The topological polar surface area (TPSA) is 62.9 Å². The molecule has 1 aliphatic rings. The zero-order valence-corrected chi connectivity index (χ0v) is 11.9. The second kappa shape index (κ2) is 4.82. The van der Waals surface area contributed by atoms with Gasteiger partial charge in [0.25, 0.3) is 0 Å². The Morgan fingerprint density at radius 3 is 2.06 bits per heavy atom. The van der Waals surface area contributed by atoms with Crippen molar-refractivity contribution in [3.63, 3.8) is 0 Å². The molecule has 1 saturated heterocycles. The summed E-state index contributed by atoms with van der Waals surface area (Å²) >= 11 is 0. The van der Waals surface area contributed by atoms with E-state index in [4.69, 9.17) is 10.6 Å². The van der Waals surface area contributed by atoms with Gasteiger partial charge in [-0.05, 0) is 41.5 Å². The largest absolute Gasteiger partial charge is 0.366 e. The standard InChI is InChI=1S/C12H26N4O/c1-9(2)14-10(15-13)16-7-11(3,4)17-12(5,6)8-16/h9H,7-8,13H2,1-6H3,(H,14,15). The molecule has 0 unspecified atom stereocenters. The third kappa shape index (κ3) is 4.16. The number of aliphatic imine (C=N–C) groups is 1. The lowest BCUT2D eigenvalue weighted by Crippen LogP contribution is -2.61. The van der Waals surface area contributed by atoms with Crippen LogP contribution < -0.4 is 11.3 Å². The molecule has 0 spiro atoms. The first-order valence-corrected chi connectivity index (χ1v) is 6.15. The lowest BCUT2D eigenvalue weighted by Gasteiger charge is -2.47. The second-order valence-corrected chi connectivity index (χ2v) is 6.17. The van der Waals surface area contributed by atoms with E-state index in [-0.39, 0.29) is 17.2 Å². The highest BCUT2D eigenvalue weighted by Gasteiger charge is 2.39. The molecule has 17 heavy (non-hydrogen) atoms. The first-order chi connectivity index (χ1) is 7.65. The zero-order chi connectivity index (χ0) is 13.3. The molecule has 1 aliphatic heterocycles. The highest BCUT2D eigenvalue weighted by atomic mass is 16.5. The number of nitrogens with one attached hydrogen (secondary N) is 1. The summed E-state index contributed by atoms with van der Waals surface area (Å²) < 4.78 is 6.03. The van der Waals surface area contributed by atoms with Crippen molar-refractivity contribution in [1.29, 1.82) is 0 Å². The highest BCUT2D eigenvalue weighted by molar-refractivity contribution is 5.79. The van der Waals surface area contributed by atoms with E-state index in [1.807, 2.05) is 13.8 Å². The Morgan fingerprint density at radius 1 is 1.24 bits per heavy atom. The Balaban J connectivity index is 2.89. The molecule has 1 heterocycles. The predicted molar refractivity (Wildman–Crippen MR) is 70.7 cm³/mol. The van der Waals surface area contributed by atoms with Crippen molar-refractivity contribution in [2.24, 2.45) is 10.8 Å². The summed E-state index contributed by atoms with van der Waals surface area (Å²) in [4.78, 5) is 6.66. The summed E-state index contributed by atoms with van der Waals surface area (Å²) in [6.45, 7) is 14.0. The molecule has 0 aromatic heterocycles. The Morgan fingerprint density at radius 2 is 1.71 bits per heavy atom. The van der Waals surface area contributed by atoms with Crippen LogP contribution in [0.2, 0.25) is 0 Å². The summed E-state index contributed by atoms with van der Waals surface area (Å²) in [5.41, 5.74) is 2.30. The normalized spacial score (nSPS) is 24.0. The molecule has 5 nitrogen and oxygen atoms in total. The summed E-state index contributed by atoms with van der Waals surface area (Å²) in [6.07, 6.45) is 0. The van der Waals surface area contributed by atoms with E-state index >= 15 is 0 Å². The van der Waals surface area contributed by atoms with Crippen molar-refractivity contribution in [2.45, 2.75) is 58.8 Å². The molecule has 0 aliphatic carbocycles. The molecule has 0 atom stereocenters. The van der Waals surface area contributed by atoms with Crippen LogP contribution >= 0.6 is 0 Å². The van der Waals surface area contributed by atoms with E-state index in [1.54, 1.807) is 0 Å². The van der Waals surface area contributed by atoms with Crippen LogP contribution in [-0.4, -0.2) is 41.2 Å². The highest BCUT2D eigenvalue weighted by Crippen LogP contribution is 2.27. The molecule has 0 radical (unpaired) electrons. The minimum Gasteiger partial charge on any atom is -0.366 e. The van der Waals surface area contributed by atoms with E-state index < -0.39 is 0 Å². The van der Waals surface area contributed by atoms with Gasteiger partial charge in [0, 0.05) is 19.1 Å². The van der Waals surface area contributed by atoms with Gasteiger partial charge in [-0.15, -0.1) is 0 Å². The number of nitrogens with two attached hydrogens (primary N) is 1. The fourth-order valence-electron chi connectivity index (χ4n) is 2.39. The number of nitrogens with zero attached hydrogens (tertiary/aromatic N) is 2. The van der Waals surface area contributed by atoms with E-state index in [2.05, 4.69) is 43.0 Å². The molecule has 5 heteroatoms. The van der Waals surface area contributed by atoms with E-state index in [1.165, 1.54) is 0 Å². The van der Waals surface area contributed by atoms with Gasteiger partial charge < -0.3 is 9.64 Å². The first kappa shape index (κ1) is 14.3. The maximum Gasteiger partial charge on any atom is 0.208 e. The van der Waals surface area contributed by atoms with Crippen molar-refractivity contribution in [2.75, 3.05) is 13.1 Å². The maximum absolute atomic E-state index is 6.03. The number of rotatable bonds is 1. The van der Waals surface area contributed by atoms with Gasteiger partial charge in [-0.1, -0.05) is 0 Å². The predicted octanol–water partition coefficient (Wildman–Crippen LogP) is 1.10. The molecule has 0 saturated carbocycles. The van der Waals surface area contributed by atoms with Crippen LogP contribution in [0.15, 0.2) is 4.99 Å². The Kier molecular flexibility index (Phi) is 4.04. The first-order valence-electron chi connectivity index (χ1n) is 6.15. The average Bonchev–Trinajstić information content (AvgIpc) is 2.08. The summed E-state index contributed by atoms with van der Waals surface area (Å²) in [5, 5.41) is 0. The van der Waals surface area contributed by atoms with Crippen molar-refractivity contribution < 1.29 is 4.74 Å². The van der Waals surface area contributed by atoms with Crippen LogP contribution in [0.5, 0.6) is 0 Å². The number of hydrazine groups is 1. The van der Waals surface area contributed by atoms with E-state index in [0.29, 0.717) is 0 Å². The fourth-order valence-corrected chi connectivity index (χ4v) is 2.39. The molecular formula is C12H26N4O. The van der Waals surface area contributed by atoms with Crippen LogP contribution in [0.4, 0.5) is 0 Å². The van der Waals surface area contributed by atoms with Gasteiger partial charge in [0.1, 0.15) is 0 Å². The Bertz CT molecular complexity index is 281. The second-order valence-electron chi connectivity index (χ2n) is 6.17. The smallest absolute Gasteiger partial charge is 0.208 e.